The van der Waals surface area contributed by atoms with Crippen LogP contribution in [0.3, 0.4) is 0 Å². The van der Waals surface area contributed by atoms with E-state index in [0.717, 1.165) is 18.1 Å². The smallest absolute Gasteiger partial charge is 0.243 e. The number of aryl methyl sites for hydroxylation is 1. The number of aromatic nitrogens is 6. The number of methoxy groups -OCH3 is 2. The molecule has 194 valence electrons. The van der Waals surface area contributed by atoms with Crippen LogP contribution in [0.5, 0.6) is 11.5 Å². The standard InChI is InChI=1S/C23H24FN7O4S2/c1-13-12-36-22(27-13)21-28-29-23(31(21)19-16(34-2)7-5-8-17(19)35-3)30-37(32,33)18-9-4-6-15(18)20-25-10-14(24)11-26-20/h5,7-8,10-12,15,18H,4,6,9H2,1-3H3,(H,29,30)/t15-,18+/m1/s1. The largest absolute Gasteiger partial charge is 0.494 e. The molecule has 0 unspecified atom stereocenters. The van der Waals surface area contributed by atoms with E-state index in [-0.39, 0.29) is 5.95 Å². The molecule has 0 radical (unpaired) electrons. The fourth-order valence-corrected chi connectivity index (χ4v) is 6.99. The first-order chi connectivity index (χ1) is 17.8. The molecule has 11 nitrogen and oxygen atoms in total. The van der Waals surface area contributed by atoms with Gasteiger partial charge in [-0.05, 0) is 31.9 Å². The number of benzene rings is 1. The molecule has 1 N–H and O–H groups in total. The summed E-state index contributed by atoms with van der Waals surface area (Å²) in [6.45, 7) is 1.85. The van der Waals surface area contributed by atoms with Crippen molar-refractivity contribution in [1.29, 1.82) is 0 Å². The summed E-state index contributed by atoms with van der Waals surface area (Å²) in [6, 6.07) is 5.21. The molecule has 1 aromatic carbocycles. The number of para-hydroxylation sites is 1. The molecule has 1 aliphatic rings. The number of ether oxygens (including phenoxy) is 2. The van der Waals surface area contributed by atoms with Gasteiger partial charge in [-0.1, -0.05) is 12.5 Å². The summed E-state index contributed by atoms with van der Waals surface area (Å²) in [4.78, 5) is 12.6. The molecule has 0 saturated heterocycles. The van der Waals surface area contributed by atoms with Gasteiger partial charge in [0.1, 0.15) is 23.0 Å². The Kier molecular flexibility index (Phi) is 6.77. The van der Waals surface area contributed by atoms with Crippen LogP contribution in [0, 0.1) is 12.7 Å². The van der Waals surface area contributed by atoms with Crippen LogP contribution in [0.25, 0.3) is 16.5 Å². The van der Waals surface area contributed by atoms with E-state index in [1.165, 1.54) is 30.1 Å². The maximum absolute atomic E-state index is 13.7. The molecule has 0 spiro atoms. The van der Waals surface area contributed by atoms with E-state index in [1.54, 1.807) is 18.2 Å². The average molecular weight is 546 g/mol. The highest BCUT2D eigenvalue weighted by Crippen LogP contribution is 2.40. The number of nitrogens with zero attached hydrogens (tertiary/aromatic N) is 6. The predicted molar refractivity (Wildman–Crippen MR) is 135 cm³/mol. The van der Waals surface area contributed by atoms with Crippen molar-refractivity contribution in [2.75, 3.05) is 18.9 Å². The van der Waals surface area contributed by atoms with Gasteiger partial charge in [0.2, 0.25) is 16.0 Å². The van der Waals surface area contributed by atoms with Crippen LogP contribution in [0.1, 0.15) is 36.7 Å². The van der Waals surface area contributed by atoms with Crippen molar-refractivity contribution in [3.05, 3.63) is 53.3 Å². The van der Waals surface area contributed by atoms with Gasteiger partial charge in [-0.2, -0.15) is 0 Å². The number of halogens is 1. The first-order valence-electron chi connectivity index (χ1n) is 11.4. The van der Waals surface area contributed by atoms with E-state index >= 15 is 0 Å². The van der Waals surface area contributed by atoms with Gasteiger partial charge in [0.05, 0.1) is 31.9 Å². The van der Waals surface area contributed by atoms with Gasteiger partial charge in [-0.15, -0.1) is 21.5 Å². The Bertz CT molecular complexity index is 1500. The lowest BCUT2D eigenvalue weighted by molar-refractivity contribution is 0.391. The van der Waals surface area contributed by atoms with Gasteiger partial charge in [0.25, 0.3) is 0 Å². The molecule has 37 heavy (non-hydrogen) atoms. The molecule has 1 fully saturated rings. The van der Waals surface area contributed by atoms with Gasteiger partial charge >= 0.3 is 0 Å². The Morgan fingerprint density at radius 2 is 1.81 bits per heavy atom. The summed E-state index contributed by atoms with van der Waals surface area (Å²) >= 11 is 1.35. The number of nitrogens with one attached hydrogen (secondary N) is 1. The zero-order valence-electron chi connectivity index (χ0n) is 20.3. The second-order valence-corrected chi connectivity index (χ2v) is 11.2. The zero-order valence-corrected chi connectivity index (χ0v) is 21.9. The van der Waals surface area contributed by atoms with E-state index in [4.69, 9.17) is 9.47 Å². The van der Waals surface area contributed by atoms with Gasteiger partial charge in [-0.25, -0.2) is 27.8 Å². The molecule has 3 aromatic heterocycles. The second kappa shape index (κ2) is 10.0. The van der Waals surface area contributed by atoms with E-state index in [2.05, 4.69) is 29.9 Å². The highest BCUT2D eigenvalue weighted by atomic mass is 32.2. The number of rotatable bonds is 8. The molecule has 4 aromatic rings. The Labute approximate surface area is 216 Å². The zero-order chi connectivity index (χ0) is 26.2. The SMILES string of the molecule is COc1cccc(OC)c1-n1c(NS(=O)(=O)[C@H]2CCC[C@H]2c2ncc(F)cn2)nnc1-c1nc(C)cs1. The summed E-state index contributed by atoms with van der Waals surface area (Å²) in [6.07, 6.45) is 3.71. The molecule has 1 saturated carbocycles. The van der Waals surface area contributed by atoms with Gasteiger partial charge in [0.15, 0.2) is 16.6 Å². The normalized spacial score (nSPS) is 17.6. The van der Waals surface area contributed by atoms with Crippen molar-refractivity contribution in [3.8, 4) is 28.0 Å². The lowest BCUT2D eigenvalue weighted by Gasteiger charge is -2.21. The molecule has 14 heteroatoms. The van der Waals surface area contributed by atoms with Crippen LogP contribution >= 0.6 is 11.3 Å². The van der Waals surface area contributed by atoms with E-state index in [9.17, 15) is 12.8 Å². The van der Waals surface area contributed by atoms with Crippen LogP contribution < -0.4 is 14.2 Å². The van der Waals surface area contributed by atoms with Gasteiger partial charge in [0, 0.05) is 17.0 Å². The number of hydrogen-bond donors (Lipinski definition) is 1. The van der Waals surface area contributed by atoms with Crippen LogP contribution in [0.4, 0.5) is 10.3 Å². The third kappa shape index (κ3) is 4.73. The van der Waals surface area contributed by atoms with Crippen LogP contribution in [-0.2, 0) is 10.0 Å². The minimum Gasteiger partial charge on any atom is -0.494 e. The fraction of sp³-hybridized carbons (Fsp3) is 0.348. The van der Waals surface area contributed by atoms with Crippen LogP contribution in [0.2, 0.25) is 0 Å². The monoisotopic (exact) mass is 545 g/mol. The predicted octanol–water partition coefficient (Wildman–Crippen LogP) is 3.72. The summed E-state index contributed by atoms with van der Waals surface area (Å²) in [7, 11) is -0.989. The molecule has 3 heterocycles. The molecule has 2 atom stereocenters. The minimum atomic E-state index is -4.00. The summed E-state index contributed by atoms with van der Waals surface area (Å²) in [5.41, 5.74) is 1.21. The number of anilines is 1. The highest BCUT2D eigenvalue weighted by molar-refractivity contribution is 7.93. The van der Waals surface area contributed by atoms with Crippen molar-refractivity contribution in [3.63, 3.8) is 0 Å². The molecule has 5 rings (SSSR count). The van der Waals surface area contributed by atoms with Gasteiger partial charge < -0.3 is 9.47 Å². The van der Waals surface area contributed by atoms with Crippen molar-refractivity contribution < 1.29 is 22.3 Å². The first-order valence-corrected chi connectivity index (χ1v) is 13.8. The average Bonchev–Trinajstić information content (AvgIpc) is 3.64. The Morgan fingerprint density at radius 3 is 2.43 bits per heavy atom. The van der Waals surface area contributed by atoms with Gasteiger partial charge in [-0.3, -0.25) is 9.29 Å². The fourth-order valence-electron chi connectivity index (χ4n) is 4.52. The van der Waals surface area contributed by atoms with Crippen molar-refractivity contribution in [2.24, 2.45) is 0 Å². The molecule has 0 amide bonds. The van der Waals surface area contributed by atoms with Crippen LogP contribution in [0.15, 0.2) is 36.0 Å². The Hall–Kier alpha value is -3.65. The molecule has 0 aliphatic heterocycles. The maximum Gasteiger partial charge on any atom is 0.243 e. The second-order valence-electron chi connectivity index (χ2n) is 8.47. The topological polar surface area (TPSA) is 134 Å². The lowest BCUT2D eigenvalue weighted by Crippen LogP contribution is -2.31. The summed E-state index contributed by atoms with van der Waals surface area (Å²) in [5.74, 6) is 0.348. The van der Waals surface area contributed by atoms with E-state index in [0.29, 0.717) is 53.1 Å². The molecule has 0 bridgehead atoms. The highest BCUT2D eigenvalue weighted by Gasteiger charge is 2.41. The third-order valence-corrected chi connectivity index (χ3v) is 8.94. The molecule has 1 aliphatic carbocycles. The first kappa shape index (κ1) is 25.0. The Morgan fingerprint density at radius 1 is 1.11 bits per heavy atom. The van der Waals surface area contributed by atoms with Crippen molar-refractivity contribution >= 4 is 27.3 Å². The minimum absolute atomic E-state index is 0.0451. The van der Waals surface area contributed by atoms with Crippen LogP contribution in [-0.4, -0.2) is 57.6 Å². The summed E-state index contributed by atoms with van der Waals surface area (Å²) < 4.78 is 56.1. The molecular weight excluding hydrogens is 521 g/mol. The van der Waals surface area contributed by atoms with E-state index in [1.807, 2.05) is 12.3 Å². The van der Waals surface area contributed by atoms with Crippen molar-refractivity contribution in [1.82, 2.24) is 29.7 Å². The number of hydrogen-bond acceptors (Lipinski definition) is 10. The number of thiazole rings is 1. The summed E-state index contributed by atoms with van der Waals surface area (Å²) in [5, 5.41) is 10.0. The Balaban J connectivity index is 1.60. The van der Waals surface area contributed by atoms with Crippen molar-refractivity contribution in [2.45, 2.75) is 37.4 Å². The maximum atomic E-state index is 13.7. The lowest BCUT2D eigenvalue weighted by atomic mass is 10.1. The quantitative estimate of drug-likeness (QED) is 0.351. The third-order valence-electron chi connectivity index (χ3n) is 6.16. The molecular formula is C23H24FN7O4S2. The van der Waals surface area contributed by atoms with E-state index < -0.39 is 27.0 Å². The number of sulfonamides is 1.